The van der Waals surface area contributed by atoms with Crippen molar-refractivity contribution in [3.63, 3.8) is 0 Å². The zero-order chi connectivity index (χ0) is 19.4. The van der Waals surface area contributed by atoms with E-state index < -0.39 is 0 Å². The molecule has 0 aliphatic carbocycles. The molecule has 2 heterocycles. The van der Waals surface area contributed by atoms with Gasteiger partial charge in [-0.1, -0.05) is 24.3 Å². The molecule has 0 saturated carbocycles. The van der Waals surface area contributed by atoms with Crippen molar-refractivity contribution >= 4 is 29.9 Å². The molecule has 2 N–H and O–H groups in total. The largest absolute Gasteiger partial charge is 0.379 e. The average Bonchev–Trinajstić information content (AvgIpc) is 3.25. The fourth-order valence-corrected chi connectivity index (χ4v) is 3.86. The molecule has 0 atom stereocenters. The summed E-state index contributed by atoms with van der Waals surface area (Å²) in [5.41, 5.74) is 2.70. The van der Waals surface area contributed by atoms with E-state index in [0.29, 0.717) is 0 Å². The van der Waals surface area contributed by atoms with Crippen molar-refractivity contribution in [2.75, 3.05) is 59.5 Å². The summed E-state index contributed by atoms with van der Waals surface area (Å²) < 4.78 is 5.39. The molecule has 0 spiro atoms. The molecule has 0 bridgehead atoms. The minimum Gasteiger partial charge on any atom is -0.379 e. The van der Waals surface area contributed by atoms with Crippen molar-refractivity contribution in [3.05, 3.63) is 35.4 Å². The van der Waals surface area contributed by atoms with Crippen molar-refractivity contribution in [2.24, 2.45) is 4.99 Å². The summed E-state index contributed by atoms with van der Waals surface area (Å²) >= 11 is 0. The number of ether oxygens (including phenoxy) is 1. The Hall–Kier alpha value is -0.900. The lowest BCUT2D eigenvalue weighted by Crippen LogP contribution is -2.38. The van der Waals surface area contributed by atoms with Gasteiger partial charge in [-0.25, -0.2) is 0 Å². The van der Waals surface area contributed by atoms with Crippen LogP contribution in [0.5, 0.6) is 0 Å². The number of nitrogens with one attached hydrogen (secondary N) is 2. The minimum atomic E-state index is 0. The average molecular weight is 515 g/mol. The van der Waals surface area contributed by atoms with E-state index in [1.54, 1.807) is 0 Å². The molecule has 2 saturated heterocycles. The van der Waals surface area contributed by atoms with E-state index in [0.717, 1.165) is 58.3 Å². The van der Waals surface area contributed by atoms with Crippen LogP contribution in [-0.4, -0.2) is 75.3 Å². The summed E-state index contributed by atoms with van der Waals surface area (Å²) in [5.74, 6) is 0.882. The molecule has 2 aliphatic rings. The number of likely N-dealkylation sites (tertiary alicyclic amines) is 1. The van der Waals surface area contributed by atoms with Crippen LogP contribution in [0.3, 0.4) is 0 Å². The van der Waals surface area contributed by atoms with E-state index >= 15 is 0 Å². The third kappa shape index (κ3) is 9.19. The molecule has 0 amide bonds. The Labute approximate surface area is 193 Å². The molecule has 1 aromatic carbocycles. The molecule has 0 aromatic heterocycles. The second kappa shape index (κ2) is 14.2. The predicted octanol–water partition coefficient (Wildman–Crippen LogP) is 2.68. The van der Waals surface area contributed by atoms with Gasteiger partial charge in [0, 0.05) is 39.8 Å². The van der Waals surface area contributed by atoms with Gasteiger partial charge in [-0.2, -0.15) is 0 Å². The van der Waals surface area contributed by atoms with Crippen LogP contribution in [0.25, 0.3) is 0 Å². The highest BCUT2D eigenvalue weighted by atomic mass is 127. The number of halogens is 1. The van der Waals surface area contributed by atoms with Crippen LogP contribution in [0, 0.1) is 0 Å². The lowest BCUT2D eigenvalue weighted by atomic mass is 10.1. The van der Waals surface area contributed by atoms with E-state index in [1.807, 2.05) is 7.05 Å². The summed E-state index contributed by atoms with van der Waals surface area (Å²) in [4.78, 5) is 9.37. The monoisotopic (exact) mass is 515 g/mol. The van der Waals surface area contributed by atoms with Crippen molar-refractivity contribution in [1.82, 2.24) is 20.4 Å². The number of nitrogens with zero attached hydrogens (tertiary/aromatic N) is 3. The number of hydrogen-bond acceptors (Lipinski definition) is 4. The fourth-order valence-electron chi connectivity index (χ4n) is 3.86. The lowest BCUT2D eigenvalue weighted by Gasteiger charge is -2.26. The Morgan fingerprint density at radius 2 is 1.62 bits per heavy atom. The molecular weight excluding hydrogens is 477 g/mol. The molecule has 164 valence electrons. The molecule has 3 rings (SSSR count). The highest BCUT2D eigenvalue weighted by Crippen LogP contribution is 2.13. The Morgan fingerprint density at radius 3 is 2.31 bits per heavy atom. The molecule has 29 heavy (non-hydrogen) atoms. The molecule has 0 radical (unpaired) electrons. The second-order valence-electron chi connectivity index (χ2n) is 7.81. The van der Waals surface area contributed by atoms with E-state index in [9.17, 15) is 0 Å². The normalized spacial score (nSPS) is 18.4. The minimum absolute atomic E-state index is 0. The summed E-state index contributed by atoms with van der Waals surface area (Å²) in [5, 5.41) is 6.85. The number of morpholine rings is 1. The Balaban J connectivity index is 0.00000300. The number of guanidine groups is 1. The maximum atomic E-state index is 5.39. The first-order valence-electron chi connectivity index (χ1n) is 10.9. The van der Waals surface area contributed by atoms with Crippen LogP contribution in [0.4, 0.5) is 0 Å². The maximum absolute atomic E-state index is 5.39. The van der Waals surface area contributed by atoms with Crippen LogP contribution in [0.1, 0.15) is 36.8 Å². The van der Waals surface area contributed by atoms with Gasteiger partial charge in [-0.05, 0) is 56.4 Å². The number of hydrogen-bond donors (Lipinski definition) is 2. The van der Waals surface area contributed by atoms with E-state index in [1.165, 1.54) is 50.0 Å². The summed E-state index contributed by atoms with van der Waals surface area (Å²) in [7, 11) is 1.84. The van der Waals surface area contributed by atoms with Crippen LogP contribution in [-0.2, 0) is 17.8 Å². The van der Waals surface area contributed by atoms with Gasteiger partial charge in [0.25, 0.3) is 0 Å². The topological polar surface area (TPSA) is 52.1 Å². The predicted molar refractivity (Wildman–Crippen MR) is 131 cm³/mol. The van der Waals surface area contributed by atoms with E-state index in [4.69, 9.17) is 4.74 Å². The van der Waals surface area contributed by atoms with Crippen molar-refractivity contribution in [1.29, 1.82) is 0 Å². The molecule has 7 heteroatoms. The zero-order valence-electron chi connectivity index (χ0n) is 17.9. The molecule has 0 unspecified atom stereocenters. The van der Waals surface area contributed by atoms with Crippen LogP contribution in [0.15, 0.2) is 29.3 Å². The highest BCUT2D eigenvalue weighted by Gasteiger charge is 2.11. The lowest BCUT2D eigenvalue weighted by molar-refractivity contribution is 0.0372. The first kappa shape index (κ1) is 24.4. The van der Waals surface area contributed by atoms with Crippen molar-refractivity contribution in [2.45, 2.75) is 38.8 Å². The third-order valence-corrected chi connectivity index (χ3v) is 5.61. The Kier molecular flexibility index (Phi) is 11.9. The van der Waals surface area contributed by atoms with Gasteiger partial charge in [0.1, 0.15) is 0 Å². The van der Waals surface area contributed by atoms with Crippen LogP contribution >= 0.6 is 24.0 Å². The van der Waals surface area contributed by atoms with Crippen molar-refractivity contribution < 1.29 is 4.74 Å². The first-order chi connectivity index (χ1) is 13.8. The molecule has 2 aliphatic heterocycles. The SMILES string of the molecule is CN=C(NCCCCN1CCOCC1)NCc1ccc(CN2CCCC2)cc1.I. The van der Waals surface area contributed by atoms with Gasteiger partial charge in [0.05, 0.1) is 13.2 Å². The molecular formula is C22H38IN5O. The molecule has 2 fully saturated rings. The number of benzene rings is 1. The maximum Gasteiger partial charge on any atom is 0.191 e. The molecule has 1 aromatic rings. The number of aliphatic imine (C=N–C) groups is 1. The van der Waals surface area contributed by atoms with Gasteiger partial charge in [0.15, 0.2) is 5.96 Å². The summed E-state index contributed by atoms with van der Waals surface area (Å²) in [6, 6.07) is 8.98. The summed E-state index contributed by atoms with van der Waals surface area (Å²) in [6.07, 6.45) is 5.06. The van der Waals surface area contributed by atoms with Crippen LogP contribution in [0.2, 0.25) is 0 Å². The highest BCUT2D eigenvalue weighted by molar-refractivity contribution is 14.0. The van der Waals surface area contributed by atoms with E-state index in [-0.39, 0.29) is 24.0 Å². The quantitative estimate of drug-likeness (QED) is 0.229. The first-order valence-corrected chi connectivity index (χ1v) is 10.9. The Bertz CT molecular complexity index is 583. The second-order valence-corrected chi connectivity index (χ2v) is 7.81. The summed E-state index contributed by atoms with van der Waals surface area (Å²) in [6.45, 7) is 10.4. The number of rotatable bonds is 9. The van der Waals surface area contributed by atoms with Gasteiger partial charge in [-0.3, -0.25) is 14.8 Å². The smallest absolute Gasteiger partial charge is 0.191 e. The van der Waals surface area contributed by atoms with Gasteiger partial charge >= 0.3 is 0 Å². The molecule has 6 nitrogen and oxygen atoms in total. The van der Waals surface area contributed by atoms with Gasteiger partial charge in [-0.15, -0.1) is 24.0 Å². The van der Waals surface area contributed by atoms with Crippen LogP contribution < -0.4 is 10.6 Å². The fraction of sp³-hybridized carbons (Fsp3) is 0.682. The van der Waals surface area contributed by atoms with E-state index in [2.05, 4.69) is 49.7 Å². The van der Waals surface area contributed by atoms with Gasteiger partial charge in [0.2, 0.25) is 0 Å². The Morgan fingerprint density at radius 1 is 0.931 bits per heavy atom. The van der Waals surface area contributed by atoms with Gasteiger partial charge < -0.3 is 15.4 Å². The van der Waals surface area contributed by atoms with Crippen molar-refractivity contribution in [3.8, 4) is 0 Å². The standard InChI is InChI=1S/C22H37N5O.HI/c1-23-22(24-10-2-3-11-26-14-16-28-17-15-26)25-18-20-6-8-21(9-7-20)19-27-12-4-5-13-27;/h6-9H,2-5,10-19H2,1H3,(H2,23,24,25);1H. The number of unbranched alkanes of at least 4 members (excludes halogenated alkanes) is 1. The zero-order valence-corrected chi connectivity index (χ0v) is 20.2. The third-order valence-electron chi connectivity index (χ3n) is 5.61.